The molecule has 0 aliphatic carbocycles. The third kappa shape index (κ3) is 4.99. The molecule has 2 nitrogen and oxygen atoms in total. The molecule has 258 valence electrons. The van der Waals surface area contributed by atoms with Gasteiger partial charge in [-0.2, -0.15) is 0 Å². The summed E-state index contributed by atoms with van der Waals surface area (Å²) >= 11 is 0. The molecule has 0 saturated heterocycles. The lowest BCUT2D eigenvalue weighted by Gasteiger charge is -2.25. The molecule has 2 heteroatoms. The number of hydrogen-bond donors (Lipinski definition) is 0. The molecule has 0 saturated carbocycles. The fourth-order valence-electron chi connectivity index (χ4n) is 8.27. The van der Waals surface area contributed by atoms with Gasteiger partial charge in [0.15, 0.2) is 0 Å². The molecule has 9 rings (SSSR count). The van der Waals surface area contributed by atoms with Crippen molar-refractivity contribution in [1.82, 2.24) is 4.57 Å². The normalized spacial score (nSPS) is 13.1. The van der Waals surface area contributed by atoms with E-state index in [9.17, 15) is 0 Å². The van der Waals surface area contributed by atoms with Gasteiger partial charge in [-0.15, -0.1) is 0 Å². The SMILES string of the molecule is CC(C)(C)c1cc(-c2cc(-n3c4ccccc4c4c5ccccc5ccc43)cc3ccccc23)c2oc3c(C(C)(C)C)cc(C(C)(C)C)cc3c2c1. The van der Waals surface area contributed by atoms with Crippen LogP contribution in [0.3, 0.4) is 0 Å². The van der Waals surface area contributed by atoms with E-state index >= 15 is 0 Å². The fraction of sp³-hybridized carbons (Fsp3) is 0.240. The van der Waals surface area contributed by atoms with Crippen LogP contribution in [0.25, 0.3) is 82.1 Å². The van der Waals surface area contributed by atoms with Crippen molar-refractivity contribution in [2.24, 2.45) is 0 Å². The van der Waals surface area contributed by atoms with Crippen LogP contribution in [0, 0.1) is 0 Å². The minimum atomic E-state index is -0.0896. The first-order valence-corrected chi connectivity index (χ1v) is 18.7. The summed E-state index contributed by atoms with van der Waals surface area (Å²) in [5.41, 5.74) is 11.6. The van der Waals surface area contributed by atoms with E-state index < -0.39 is 0 Å². The van der Waals surface area contributed by atoms with Crippen molar-refractivity contribution in [2.45, 2.75) is 78.6 Å². The summed E-state index contributed by atoms with van der Waals surface area (Å²) in [4.78, 5) is 0. The van der Waals surface area contributed by atoms with Gasteiger partial charge in [0.1, 0.15) is 11.2 Å². The van der Waals surface area contributed by atoms with Crippen molar-refractivity contribution in [3.8, 4) is 16.8 Å². The van der Waals surface area contributed by atoms with E-state index in [-0.39, 0.29) is 16.2 Å². The first-order chi connectivity index (χ1) is 24.7. The largest absolute Gasteiger partial charge is 0.455 e. The average Bonchev–Trinajstić information content (AvgIpc) is 3.65. The number of rotatable bonds is 2. The molecule has 0 aliphatic heterocycles. The number of hydrogen-bond acceptors (Lipinski definition) is 1. The maximum absolute atomic E-state index is 7.19. The Labute approximate surface area is 306 Å². The number of fused-ring (bicyclic) bond motifs is 9. The van der Waals surface area contributed by atoms with Crippen LogP contribution in [0.5, 0.6) is 0 Å². The molecule has 0 N–H and O–H groups in total. The highest BCUT2D eigenvalue weighted by atomic mass is 16.3. The van der Waals surface area contributed by atoms with Crippen LogP contribution < -0.4 is 0 Å². The first-order valence-electron chi connectivity index (χ1n) is 18.7. The molecule has 0 unspecified atom stereocenters. The quantitative estimate of drug-likeness (QED) is 0.178. The molecule has 0 fully saturated rings. The van der Waals surface area contributed by atoms with Gasteiger partial charge in [0.05, 0.1) is 11.0 Å². The maximum Gasteiger partial charge on any atom is 0.143 e. The summed E-state index contributed by atoms with van der Waals surface area (Å²) < 4.78 is 9.65. The molecular formula is C50H47NO. The van der Waals surface area contributed by atoms with Crippen LogP contribution >= 0.6 is 0 Å². The second kappa shape index (κ2) is 11.1. The summed E-state index contributed by atoms with van der Waals surface area (Å²) in [5, 5.41) is 9.91. The standard InChI is InChI=1S/C50H47NO/c1-48(2,3)32-25-39(46-40(26-32)41-27-33(49(4,5)6)28-42(47(41)52-46)50(7,8)9)38-29-34(24-31-17-11-12-18-35(31)38)51-43-21-15-14-20-37(43)45-36-19-13-10-16-30(36)22-23-44(45)51/h10-29H,1-9H3. The molecule has 0 amide bonds. The van der Waals surface area contributed by atoms with Gasteiger partial charge in [0, 0.05) is 38.4 Å². The van der Waals surface area contributed by atoms with Gasteiger partial charge in [-0.1, -0.05) is 141 Å². The Kier molecular flexibility index (Phi) is 6.94. The third-order valence-corrected chi connectivity index (χ3v) is 11.2. The van der Waals surface area contributed by atoms with Crippen LogP contribution in [0.2, 0.25) is 0 Å². The lowest BCUT2D eigenvalue weighted by Crippen LogP contribution is -2.16. The Morgan fingerprint density at radius 2 is 1.02 bits per heavy atom. The molecule has 9 aromatic rings. The maximum atomic E-state index is 7.19. The van der Waals surface area contributed by atoms with E-state index in [0.717, 1.165) is 22.4 Å². The number of para-hydroxylation sites is 1. The van der Waals surface area contributed by atoms with Gasteiger partial charge in [-0.3, -0.25) is 0 Å². The Morgan fingerprint density at radius 3 is 1.71 bits per heavy atom. The van der Waals surface area contributed by atoms with E-state index in [2.05, 4.69) is 188 Å². The number of nitrogens with zero attached hydrogens (tertiary/aromatic N) is 1. The van der Waals surface area contributed by atoms with Gasteiger partial charge in [-0.25, -0.2) is 0 Å². The minimum Gasteiger partial charge on any atom is -0.455 e. The molecule has 52 heavy (non-hydrogen) atoms. The predicted molar refractivity (Wildman–Crippen MR) is 225 cm³/mol. The molecule has 0 radical (unpaired) electrons. The highest BCUT2D eigenvalue weighted by Gasteiger charge is 2.28. The molecule has 2 aromatic heterocycles. The van der Waals surface area contributed by atoms with Crippen molar-refractivity contribution in [3.63, 3.8) is 0 Å². The molecule has 0 atom stereocenters. The third-order valence-electron chi connectivity index (χ3n) is 11.2. The van der Waals surface area contributed by atoms with Gasteiger partial charge in [0.2, 0.25) is 0 Å². The lowest BCUT2D eigenvalue weighted by molar-refractivity contribution is 0.559. The van der Waals surface area contributed by atoms with Crippen molar-refractivity contribution in [3.05, 3.63) is 138 Å². The minimum absolute atomic E-state index is 0.000418. The Hall–Kier alpha value is -5.34. The molecule has 0 aliphatic rings. The van der Waals surface area contributed by atoms with E-state index in [1.54, 1.807) is 0 Å². The molecular weight excluding hydrogens is 631 g/mol. The zero-order valence-electron chi connectivity index (χ0n) is 31.9. The molecule has 0 bridgehead atoms. The van der Waals surface area contributed by atoms with Crippen LogP contribution in [-0.4, -0.2) is 4.57 Å². The fourth-order valence-corrected chi connectivity index (χ4v) is 8.27. The predicted octanol–water partition coefficient (Wildman–Crippen LogP) is 14.5. The van der Waals surface area contributed by atoms with Crippen molar-refractivity contribution in [2.75, 3.05) is 0 Å². The highest BCUT2D eigenvalue weighted by molar-refractivity contribution is 6.21. The Bertz CT molecular complexity index is 2890. The van der Waals surface area contributed by atoms with Crippen molar-refractivity contribution < 1.29 is 4.42 Å². The van der Waals surface area contributed by atoms with E-state index in [0.29, 0.717) is 0 Å². The van der Waals surface area contributed by atoms with Crippen LogP contribution in [0.1, 0.15) is 79.0 Å². The van der Waals surface area contributed by atoms with E-state index in [4.69, 9.17) is 4.42 Å². The van der Waals surface area contributed by atoms with Crippen LogP contribution in [0.15, 0.2) is 126 Å². The number of aromatic nitrogens is 1. The van der Waals surface area contributed by atoms with Gasteiger partial charge in [-0.05, 0) is 96.9 Å². The Balaban J connectivity index is 1.43. The monoisotopic (exact) mass is 677 g/mol. The first kappa shape index (κ1) is 32.6. The second-order valence-electron chi connectivity index (χ2n) is 17.9. The molecule has 7 aromatic carbocycles. The summed E-state index contributed by atoms with van der Waals surface area (Å²) in [6, 6.07) is 45.3. The number of benzene rings is 7. The number of furan rings is 1. The van der Waals surface area contributed by atoms with Crippen molar-refractivity contribution >= 4 is 65.3 Å². The molecule has 2 heterocycles. The zero-order valence-corrected chi connectivity index (χ0v) is 31.9. The van der Waals surface area contributed by atoms with Crippen LogP contribution in [-0.2, 0) is 16.2 Å². The van der Waals surface area contributed by atoms with E-state index in [1.165, 1.54) is 76.4 Å². The molecule has 0 spiro atoms. The summed E-state index contributed by atoms with van der Waals surface area (Å²) in [7, 11) is 0. The summed E-state index contributed by atoms with van der Waals surface area (Å²) in [6.45, 7) is 20.8. The van der Waals surface area contributed by atoms with Gasteiger partial charge >= 0.3 is 0 Å². The smallest absolute Gasteiger partial charge is 0.143 e. The van der Waals surface area contributed by atoms with Crippen LogP contribution in [0.4, 0.5) is 0 Å². The van der Waals surface area contributed by atoms with Gasteiger partial charge in [0.25, 0.3) is 0 Å². The van der Waals surface area contributed by atoms with E-state index in [1.807, 2.05) is 0 Å². The highest BCUT2D eigenvalue weighted by Crippen LogP contribution is 2.46. The lowest BCUT2D eigenvalue weighted by atomic mass is 9.79. The second-order valence-corrected chi connectivity index (χ2v) is 17.9. The summed E-state index contributed by atoms with van der Waals surface area (Å²) in [5.74, 6) is 0. The summed E-state index contributed by atoms with van der Waals surface area (Å²) in [6.07, 6.45) is 0. The zero-order chi connectivity index (χ0) is 36.3. The average molecular weight is 678 g/mol. The van der Waals surface area contributed by atoms with Gasteiger partial charge < -0.3 is 8.98 Å². The topological polar surface area (TPSA) is 18.1 Å². The van der Waals surface area contributed by atoms with Crippen molar-refractivity contribution in [1.29, 1.82) is 0 Å². The Morgan fingerprint density at radius 1 is 0.423 bits per heavy atom.